The van der Waals surface area contributed by atoms with E-state index in [0.29, 0.717) is 31.0 Å². The van der Waals surface area contributed by atoms with E-state index in [4.69, 9.17) is 4.74 Å². The Kier molecular flexibility index (Phi) is 4.27. The van der Waals surface area contributed by atoms with E-state index >= 15 is 0 Å². The lowest BCUT2D eigenvalue weighted by Crippen LogP contribution is -2.42. The molecule has 26 heavy (non-hydrogen) atoms. The fraction of sp³-hybridized carbons (Fsp3) is 0.211. The van der Waals surface area contributed by atoms with Crippen LogP contribution in [0.4, 0.5) is 0 Å². The second kappa shape index (κ2) is 6.87. The highest BCUT2D eigenvalue weighted by Crippen LogP contribution is 2.28. The lowest BCUT2D eigenvalue weighted by molar-refractivity contribution is 0.0742. The minimum Gasteiger partial charge on any atom is -0.491 e. The molecule has 2 aliphatic heterocycles. The van der Waals surface area contributed by atoms with Gasteiger partial charge in [-0.1, -0.05) is 6.07 Å². The van der Waals surface area contributed by atoms with Crippen molar-refractivity contribution in [3.8, 4) is 16.9 Å². The van der Waals surface area contributed by atoms with Crippen molar-refractivity contribution in [1.82, 2.24) is 15.2 Å². The fourth-order valence-corrected chi connectivity index (χ4v) is 3.05. The first-order valence-corrected chi connectivity index (χ1v) is 8.40. The first-order chi connectivity index (χ1) is 12.7. The first kappa shape index (κ1) is 16.1. The van der Waals surface area contributed by atoms with Gasteiger partial charge in [-0.05, 0) is 41.6 Å². The molecule has 132 valence electrons. The predicted molar refractivity (Wildman–Crippen MR) is 98.5 cm³/mol. The van der Waals surface area contributed by atoms with Crippen LogP contribution in [0.2, 0.25) is 0 Å². The minimum atomic E-state index is -0.184. The van der Waals surface area contributed by atoms with Gasteiger partial charge in [-0.3, -0.25) is 14.6 Å². The van der Waals surface area contributed by atoms with Crippen molar-refractivity contribution in [3.05, 3.63) is 64.7 Å². The highest BCUT2D eigenvalue weighted by molar-refractivity contribution is 5.98. The van der Waals surface area contributed by atoms with Crippen molar-refractivity contribution in [2.75, 3.05) is 19.7 Å². The summed E-state index contributed by atoms with van der Waals surface area (Å²) in [6, 6.07) is 8.73. The van der Waals surface area contributed by atoms with Gasteiger partial charge in [0.2, 0.25) is 5.56 Å². The summed E-state index contributed by atoms with van der Waals surface area (Å²) in [5, 5.41) is 3.12. The van der Waals surface area contributed by atoms with Gasteiger partial charge in [0.1, 0.15) is 18.5 Å². The number of pyridine rings is 1. The number of nitrogens with one attached hydrogen (secondary N) is 2. The molecule has 1 aromatic carbocycles. The number of aliphatic imine (C=N–C) groups is 1. The van der Waals surface area contributed by atoms with Crippen LogP contribution in [-0.4, -0.2) is 47.9 Å². The van der Waals surface area contributed by atoms with Gasteiger partial charge in [0.15, 0.2) is 0 Å². The average Bonchev–Trinajstić information content (AvgIpc) is 2.82. The van der Waals surface area contributed by atoms with E-state index in [2.05, 4.69) is 15.3 Å². The van der Waals surface area contributed by atoms with Crippen LogP contribution in [0, 0.1) is 0 Å². The van der Waals surface area contributed by atoms with E-state index in [1.165, 1.54) is 6.07 Å². The summed E-state index contributed by atoms with van der Waals surface area (Å²) in [4.78, 5) is 33.3. The Morgan fingerprint density at radius 1 is 1.19 bits per heavy atom. The van der Waals surface area contributed by atoms with E-state index in [1.54, 1.807) is 35.5 Å². The molecular formula is C19H18N4O3. The minimum absolute atomic E-state index is 0.101. The van der Waals surface area contributed by atoms with Crippen LogP contribution in [-0.2, 0) is 0 Å². The molecule has 3 heterocycles. The smallest absolute Gasteiger partial charge is 0.257 e. The van der Waals surface area contributed by atoms with Crippen LogP contribution < -0.4 is 15.6 Å². The zero-order valence-electron chi connectivity index (χ0n) is 14.0. The highest BCUT2D eigenvalue weighted by Gasteiger charge is 2.26. The molecule has 1 amide bonds. The fourth-order valence-electron chi connectivity index (χ4n) is 3.05. The molecule has 0 aliphatic carbocycles. The van der Waals surface area contributed by atoms with Gasteiger partial charge < -0.3 is 19.9 Å². The maximum atomic E-state index is 13.0. The molecule has 1 atom stereocenters. The third-order valence-corrected chi connectivity index (χ3v) is 4.35. The molecule has 0 bridgehead atoms. The summed E-state index contributed by atoms with van der Waals surface area (Å²) in [6.07, 6.45) is 6.77. The Morgan fingerprint density at radius 3 is 2.88 bits per heavy atom. The molecule has 1 aromatic heterocycles. The molecule has 0 saturated heterocycles. The van der Waals surface area contributed by atoms with E-state index < -0.39 is 0 Å². The third-order valence-electron chi connectivity index (χ3n) is 4.35. The van der Waals surface area contributed by atoms with Gasteiger partial charge >= 0.3 is 0 Å². The van der Waals surface area contributed by atoms with Gasteiger partial charge in [0, 0.05) is 18.5 Å². The quantitative estimate of drug-likeness (QED) is 0.876. The number of fused-ring (bicyclic) bond motifs is 1. The Labute approximate surface area is 150 Å². The van der Waals surface area contributed by atoms with Crippen LogP contribution in [0.5, 0.6) is 5.75 Å². The van der Waals surface area contributed by atoms with Gasteiger partial charge in [-0.2, -0.15) is 0 Å². The average molecular weight is 350 g/mol. The highest BCUT2D eigenvalue weighted by atomic mass is 16.5. The number of H-pyrrole nitrogens is 1. The molecule has 0 saturated carbocycles. The second-order valence-corrected chi connectivity index (χ2v) is 6.09. The second-order valence-electron chi connectivity index (χ2n) is 6.09. The van der Waals surface area contributed by atoms with Crippen molar-refractivity contribution in [2.24, 2.45) is 4.99 Å². The topological polar surface area (TPSA) is 86.8 Å². The number of benzene rings is 1. The predicted octanol–water partition coefficient (Wildman–Crippen LogP) is 1.39. The molecule has 7 heteroatoms. The molecule has 4 rings (SSSR count). The lowest BCUT2D eigenvalue weighted by Gasteiger charge is -2.25. The van der Waals surface area contributed by atoms with Gasteiger partial charge in [-0.25, -0.2) is 0 Å². The number of ether oxygens (including phenoxy) is 1. The molecule has 0 radical (unpaired) electrons. The number of hydrogen-bond donors (Lipinski definition) is 2. The summed E-state index contributed by atoms with van der Waals surface area (Å²) < 4.78 is 5.75. The third kappa shape index (κ3) is 3.23. The number of aromatic amines is 1. The molecular weight excluding hydrogens is 332 g/mol. The maximum Gasteiger partial charge on any atom is 0.257 e. The van der Waals surface area contributed by atoms with Crippen molar-refractivity contribution in [3.63, 3.8) is 0 Å². The largest absolute Gasteiger partial charge is 0.491 e. The van der Waals surface area contributed by atoms with Crippen LogP contribution >= 0.6 is 0 Å². The zero-order chi connectivity index (χ0) is 17.9. The normalized spacial score (nSPS) is 18.7. The van der Waals surface area contributed by atoms with Crippen molar-refractivity contribution >= 4 is 12.1 Å². The van der Waals surface area contributed by atoms with E-state index in [9.17, 15) is 9.59 Å². The van der Waals surface area contributed by atoms with E-state index in [1.807, 2.05) is 18.3 Å². The number of hydrogen-bond acceptors (Lipinski definition) is 5. The van der Waals surface area contributed by atoms with Gasteiger partial charge in [0.05, 0.1) is 18.7 Å². The number of rotatable bonds is 3. The number of nitrogens with zero attached hydrogens (tertiary/aromatic N) is 2. The number of carbonyl (C=O) groups excluding carboxylic acids is 1. The van der Waals surface area contributed by atoms with Crippen LogP contribution in [0.1, 0.15) is 10.4 Å². The van der Waals surface area contributed by atoms with E-state index in [0.717, 1.165) is 11.1 Å². The molecule has 7 nitrogen and oxygen atoms in total. The standard InChI is InChI=1S/C19H18N4O3/c24-18-11-14(4-7-22-18)13-2-3-16-15(10-13)19(25)23(8-9-26-16)12-17-20-5-1-6-21-17/h1-7,10-11,17,20H,8-9,12H2,(H,22,24). The SMILES string of the molecule is O=C1c2cc(-c3cc[nH]c(=O)c3)ccc2OCCN1CC1N=CC=CN1. The summed E-state index contributed by atoms with van der Waals surface area (Å²) in [5.74, 6) is 0.460. The molecule has 0 spiro atoms. The molecule has 2 N–H and O–H groups in total. The first-order valence-electron chi connectivity index (χ1n) is 8.40. The number of carbonyl (C=O) groups is 1. The molecule has 1 unspecified atom stereocenters. The van der Waals surface area contributed by atoms with Crippen molar-refractivity contribution < 1.29 is 9.53 Å². The van der Waals surface area contributed by atoms with Crippen LogP contribution in [0.15, 0.2) is 58.6 Å². The maximum absolute atomic E-state index is 13.0. The molecule has 2 aliphatic rings. The summed E-state index contributed by atoms with van der Waals surface area (Å²) in [6.45, 7) is 1.37. The Balaban J connectivity index is 1.64. The lowest BCUT2D eigenvalue weighted by atomic mass is 10.0. The Morgan fingerprint density at radius 2 is 2.08 bits per heavy atom. The monoisotopic (exact) mass is 350 g/mol. The van der Waals surface area contributed by atoms with Crippen LogP contribution in [0.3, 0.4) is 0 Å². The summed E-state index contributed by atoms with van der Waals surface area (Å²) in [5.41, 5.74) is 1.86. The number of allylic oxidation sites excluding steroid dienone is 1. The Bertz CT molecular complexity index is 948. The zero-order valence-corrected chi connectivity index (χ0v) is 14.0. The number of aromatic nitrogens is 1. The summed E-state index contributed by atoms with van der Waals surface area (Å²) in [7, 11) is 0. The molecule has 0 fully saturated rings. The summed E-state index contributed by atoms with van der Waals surface area (Å²) >= 11 is 0. The van der Waals surface area contributed by atoms with Gasteiger partial charge in [0.25, 0.3) is 5.91 Å². The van der Waals surface area contributed by atoms with Gasteiger partial charge in [-0.15, -0.1) is 0 Å². The van der Waals surface area contributed by atoms with E-state index in [-0.39, 0.29) is 17.6 Å². The van der Waals surface area contributed by atoms with Crippen molar-refractivity contribution in [1.29, 1.82) is 0 Å². The Hall–Kier alpha value is -3.35. The molecule has 2 aromatic rings. The van der Waals surface area contributed by atoms with Crippen LogP contribution in [0.25, 0.3) is 11.1 Å². The van der Waals surface area contributed by atoms with Crippen molar-refractivity contribution in [2.45, 2.75) is 6.17 Å². The number of amides is 1.